The number of hydrogen-bond donors (Lipinski definition) is 0. The van der Waals surface area contributed by atoms with E-state index in [1.165, 1.54) is 0 Å². The van der Waals surface area contributed by atoms with Gasteiger partial charge in [0.15, 0.2) is 16.9 Å². The summed E-state index contributed by atoms with van der Waals surface area (Å²) in [5.41, 5.74) is 2.36. The van der Waals surface area contributed by atoms with E-state index < -0.39 is 6.04 Å². The average Bonchev–Trinajstić information content (AvgIpc) is 3.23. The van der Waals surface area contributed by atoms with Crippen molar-refractivity contribution >= 4 is 16.9 Å². The van der Waals surface area contributed by atoms with E-state index in [9.17, 15) is 9.59 Å². The van der Waals surface area contributed by atoms with Crippen molar-refractivity contribution in [3.05, 3.63) is 99.4 Å². The summed E-state index contributed by atoms with van der Waals surface area (Å²) in [6, 6.07) is 19.8. The largest absolute Gasteiger partial charge is 0.494 e. The van der Waals surface area contributed by atoms with Crippen LogP contribution >= 0.6 is 0 Å². The molecule has 0 aliphatic carbocycles. The Hall–Kier alpha value is -4.26. The average molecular weight is 528 g/mol. The molecule has 202 valence electrons. The molecule has 1 unspecified atom stereocenters. The number of para-hydroxylation sites is 1. The molecule has 0 fully saturated rings. The Morgan fingerprint density at radius 2 is 1.72 bits per heavy atom. The summed E-state index contributed by atoms with van der Waals surface area (Å²) in [6.45, 7) is 5.27. The molecule has 1 aliphatic heterocycles. The molecule has 2 heterocycles. The third kappa shape index (κ3) is 5.21. The summed E-state index contributed by atoms with van der Waals surface area (Å²) < 4.78 is 22.9. The number of hydrogen-bond acceptors (Lipinski definition) is 6. The summed E-state index contributed by atoms with van der Waals surface area (Å²) in [6.07, 6.45) is 1.48. The number of amides is 1. The summed E-state index contributed by atoms with van der Waals surface area (Å²) in [7, 11) is 3.19. The van der Waals surface area contributed by atoms with Crippen molar-refractivity contribution in [3.8, 4) is 17.2 Å². The molecule has 0 N–H and O–H groups in total. The monoisotopic (exact) mass is 527 g/mol. The van der Waals surface area contributed by atoms with Crippen LogP contribution in [0.25, 0.3) is 11.0 Å². The van der Waals surface area contributed by atoms with Gasteiger partial charge in [-0.3, -0.25) is 9.59 Å². The van der Waals surface area contributed by atoms with Crippen LogP contribution in [0.15, 0.2) is 75.9 Å². The molecule has 5 rings (SSSR count). The SMILES string of the molecule is COc1ccc(CCN2C(=O)c3oc4ccccc4c(=O)c3C2c2cccc(OCCC(C)C)c2)cc1OC. The molecular weight excluding hydrogens is 494 g/mol. The van der Waals surface area contributed by atoms with Gasteiger partial charge in [0, 0.05) is 6.54 Å². The zero-order valence-corrected chi connectivity index (χ0v) is 22.7. The molecule has 1 aliphatic rings. The highest BCUT2D eigenvalue weighted by molar-refractivity contribution is 5.99. The number of rotatable bonds is 10. The molecule has 1 aromatic heterocycles. The molecule has 0 radical (unpaired) electrons. The summed E-state index contributed by atoms with van der Waals surface area (Å²) in [5, 5.41) is 0.458. The van der Waals surface area contributed by atoms with E-state index in [1.54, 1.807) is 43.4 Å². The first-order valence-corrected chi connectivity index (χ1v) is 13.2. The number of carbonyl (C=O) groups is 1. The molecule has 3 aromatic carbocycles. The summed E-state index contributed by atoms with van der Waals surface area (Å²) in [5.74, 6) is 2.29. The van der Waals surface area contributed by atoms with Crippen molar-refractivity contribution in [1.29, 1.82) is 0 Å². The lowest BCUT2D eigenvalue weighted by Crippen LogP contribution is -2.31. The topological polar surface area (TPSA) is 78.2 Å². The first kappa shape index (κ1) is 26.4. The third-order valence-corrected chi connectivity index (χ3v) is 7.10. The molecule has 0 bridgehead atoms. The molecule has 0 saturated carbocycles. The molecule has 7 heteroatoms. The molecule has 39 heavy (non-hydrogen) atoms. The number of ether oxygens (including phenoxy) is 3. The first-order chi connectivity index (χ1) is 18.9. The minimum atomic E-state index is -0.595. The van der Waals surface area contributed by atoms with Crippen LogP contribution in [-0.4, -0.2) is 38.2 Å². The van der Waals surface area contributed by atoms with Gasteiger partial charge in [0.25, 0.3) is 5.91 Å². The lowest BCUT2D eigenvalue weighted by molar-refractivity contribution is 0.0729. The molecular formula is C32H33NO6. The highest BCUT2D eigenvalue weighted by Crippen LogP contribution is 2.39. The van der Waals surface area contributed by atoms with Crippen LogP contribution in [0.4, 0.5) is 0 Å². The van der Waals surface area contributed by atoms with Crippen LogP contribution in [0.3, 0.4) is 0 Å². The number of methoxy groups -OCH3 is 2. The Morgan fingerprint density at radius 1 is 0.923 bits per heavy atom. The maximum Gasteiger partial charge on any atom is 0.290 e. The molecule has 1 amide bonds. The lowest BCUT2D eigenvalue weighted by Gasteiger charge is -2.25. The fourth-order valence-corrected chi connectivity index (χ4v) is 5.02. The van der Waals surface area contributed by atoms with Gasteiger partial charge in [-0.2, -0.15) is 0 Å². The lowest BCUT2D eigenvalue weighted by atomic mass is 9.98. The van der Waals surface area contributed by atoms with Gasteiger partial charge in [-0.15, -0.1) is 0 Å². The van der Waals surface area contributed by atoms with Gasteiger partial charge in [0.2, 0.25) is 5.76 Å². The van der Waals surface area contributed by atoms with Gasteiger partial charge in [0.05, 0.1) is 37.8 Å². The van der Waals surface area contributed by atoms with E-state index in [2.05, 4.69) is 13.8 Å². The van der Waals surface area contributed by atoms with Gasteiger partial charge in [-0.05, 0) is 66.3 Å². The van der Waals surface area contributed by atoms with Gasteiger partial charge >= 0.3 is 0 Å². The van der Waals surface area contributed by atoms with Crippen molar-refractivity contribution in [2.24, 2.45) is 5.92 Å². The van der Waals surface area contributed by atoms with Crippen LogP contribution in [0.1, 0.15) is 53.6 Å². The van der Waals surface area contributed by atoms with Crippen LogP contribution in [-0.2, 0) is 6.42 Å². The highest BCUT2D eigenvalue weighted by atomic mass is 16.5. The minimum Gasteiger partial charge on any atom is -0.494 e. The molecule has 7 nitrogen and oxygen atoms in total. The Bertz CT molecular complexity index is 1560. The number of benzene rings is 3. The molecule has 1 atom stereocenters. The van der Waals surface area contributed by atoms with Gasteiger partial charge in [-0.25, -0.2) is 0 Å². The van der Waals surface area contributed by atoms with E-state index >= 15 is 0 Å². The third-order valence-electron chi connectivity index (χ3n) is 7.10. The number of fused-ring (bicyclic) bond motifs is 2. The van der Waals surface area contributed by atoms with Crippen molar-refractivity contribution in [2.75, 3.05) is 27.4 Å². The Morgan fingerprint density at radius 3 is 2.49 bits per heavy atom. The predicted molar refractivity (Wildman–Crippen MR) is 150 cm³/mol. The summed E-state index contributed by atoms with van der Waals surface area (Å²) >= 11 is 0. The van der Waals surface area contributed by atoms with Crippen LogP contribution < -0.4 is 19.6 Å². The fraction of sp³-hybridized carbons (Fsp3) is 0.312. The van der Waals surface area contributed by atoms with Crippen molar-refractivity contribution in [2.45, 2.75) is 32.7 Å². The predicted octanol–water partition coefficient (Wildman–Crippen LogP) is 6.02. The zero-order valence-electron chi connectivity index (χ0n) is 22.7. The van der Waals surface area contributed by atoms with Crippen LogP contribution in [0, 0.1) is 5.92 Å². The van der Waals surface area contributed by atoms with E-state index in [0.717, 1.165) is 17.5 Å². The van der Waals surface area contributed by atoms with Gasteiger partial charge in [-0.1, -0.05) is 44.2 Å². The van der Waals surface area contributed by atoms with Gasteiger partial charge in [0.1, 0.15) is 11.3 Å². The van der Waals surface area contributed by atoms with Gasteiger partial charge < -0.3 is 23.5 Å². The zero-order chi connectivity index (χ0) is 27.5. The fourth-order valence-electron chi connectivity index (χ4n) is 5.02. The summed E-state index contributed by atoms with van der Waals surface area (Å²) in [4.78, 5) is 29.2. The molecule has 0 saturated heterocycles. The second-order valence-corrected chi connectivity index (χ2v) is 10.1. The van der Waals surface area contributed by atoms with Crippen molar-refractivity contribution < 1.29 is 23.4 Å². The number of nitrogens with zero attached hydrogens (tertiary/aromatic N) is 1. The molecule has 4 aromatic rings. The van der Waals surface area contributed by atoms with E-state index in [0.29, 0.717) is 59.3 Å². The van der Waals surface area contributed by atoms with Crippen molar-refractivity contribution in [3.63, 3.8) is 0 Å². The van der Waals surface area contributed by atoms with Crippen LogP contribution in [0.2, 0.25) is 0 Å². The second kappa shape index (κ2) is 11.2. The first-order valence-electron chi connectivity index (χ1n) is 13.2. The van der Waals surface area contributed by atoms with E-state index in [1.807, 2.05) is 42.5 Å². The Labute approximate surface area is 227 Å². The van der Waals surface area contributed by atoms with Crippen LogP contribution in [0.5, 0.6) is 17.2 Å². The highest BCUT2D eigenvalue weighted by Gasteiger charge is 2.42. The standard InChI is InChI=1S/C32H33NO6/c1-20(2)15-17-38-23-9-7-8-22(19-23)29-28-30(34)24-10-5-6-11-25(24)39-31(28)32(35)33(29)16-14-21-12-13-26(36-3)27(18-21)37-4/h5-13,18-20,29H,14-17H2,1-4H3. The van der Waals surface area contributed by atoms with Crippen molar-refractivity contribution in [1.82, 2.24) is 4.90 Å². The van der Waals surface area contributed by atoms with E-state index in [-0.39, 0.29) is 17.1 Å². The smallest absolute Gasteiger partial charge is 0.290 e. The normalized spacial score (nSPS) is 14.6. The maximum atomic E-state index is 13.8. The minimum absolute atomic E-state index is 0.0992. The maximum absolute atomic E-state index is 13.8. The molecule has 0 spiro atoms. The Kier molecular flexibility index (Phi) is 7.59. The Balaban J connectivity index is 1.54. The van der Waals surface area contributed by atoms with E-state index in [4.69, 9.17) is 18.6 Å². The number of carbonyl (C=O) groups excluding carboxylic acids is 1. The quantitative estimate of drug-likeness (QED) is 0.251. The second-order valence-electron chi connectivity index (χ2n) is 10.1.